The molecule has 23 heavy (non-hydrogen) atoms. The van der Waals surface area contributed by atoms with Crippen molar-refractivity contribution in [2.75, 3.05) is 13.1 Å². The summed E-state index contributed by atoms with van der Waals surface area (Å²) in [5, 5.41) is 16.0. The highest BCUT2D eigenvalue weighted by Gasteiger charge is 2.21. The third-order valence-corrected chi connectivity index (χ3v) is 4.42. The van der Waals surface area contributed by atoms with Crippen LogP contribution < -0.4 is 5.73 Å². The van der Waals surface area contributed by atoms with Crippen molar-refractivity contribution in [3.63, 3.8) is 0 Å². The summed E-state index contributed by atoms with van der Waals surface area (Å²) < 4.78 is 6.71. The van der Waals surface area contributed by atoms with Gasteiger partial charge in [0.05, 0.1) is 17.9 Å². The van der Waals surface area contributed by atoms with Crippen LogP contribution in [0.4, 0.5) is 0 Å². The quantitative estimate of drug-likeness (QED) is 0.770. The summed E-state index contributed by atoms with van der Waals surface area (Å²) >= 11 is 0. The summed E-state index contributed by atoms with van der Waals surface area (Å²) in [5.74, 6) is 0. The van der Waals surface area contributed by atoms with Gasteiger partial charge in [-0.05, 0) is 40.9 Å². The number of nitrogens with two attached hydrogens (primary N) is 1. The molecule has 0 aliphatic carbocycles. The number of piperidine rings is 1. The molecule has 0 unspecified atom stereocenters. The van der Waals surface area contributed by atoms with Crippen molar-refractivity contribution in [2.45, 2.75) is 32.0 Å². The van der Waals surface area contributed by atoms with E-state index in [1.807, 2.05) is 23.0 Å². The van der Waals surface area contributed by atoms with Gasteiger partial charge in [0.15, 0.2) is 0 Å². The van der Waals surface area contributed by atoms with Gasteiger partial charge in [-0.3, -0.25) is 4.90 Å². The van der Waals surface area contributed by atoms with Gasteiger partial charge in [-0.25, -0.2) is 9.31 Å². The first-order valence-electron chi connectivity index (χ1n) is 7.86. The average molecular weight is 313 g/mol. The number of fused-ring (bicyclic) bond motifs is 1. The molecule has 2 N–H and O–H groups in total. The molecule has 3 aromatic rings. The van der Waals surface area contributed by atoms with Crippen LogP contribution in [0.15, 0.2) is 29.0 Å². The van der Waals surface area contributed by atoms with Gasteiger partial charge in [-0.1, -0.05) is 11.3 Å². The summed E-state index contributed by atoms with van der Waals surface area (Å²) in [6.45, 7) is 3.44. The molecular formula is C15H19N7O. The molecule has 8 heteroatoms. The zero-order valence-corrected chi connectivity index (χ0v) is 12.8. The second kappa shape index (κ2) is 6.05. The fourth-order valence-electron chi connectivity index (χ4n) is 3.11. The lowest BCUT2D eigenvalue weighted by Gasteiger charge is -2.31. The number of hydrogen-bond acceptors (Lipinski definition) is 7. The topological polar surface area (TPSA) is 98.9 Å². The Morgan fingerprint density at radius 2 is 2.00 bits per heavy atom. The van der Waals surface area contributed by atoms with Crippen LogP contribution in [0.25, 0.3) is 11.0 Å². The Bertz CT molecular complexity index is 788. The van der Waals surface area contributed by atoms with Crippen LogP contribution in [0.2, 0.25) is 0 Å². The smallest absolute Gasteiger partial charge is 0.135 e. The van der Waals surface area contributed by atoms with E-state index in [0.717, 1.165) is 49.2 Å². The molecule has 1 saturated heterocycles. The Balaban J connectivity index is 1.37. The number of likely N-dealkylation sites (tertiary alicyclic amines) is 1. The van der Waals surface area contributed by atoms with Crippen molar-refractivity contribution >= 4 is 11.0 Å². The van der Waals surface area contributed by atoms with E-state index in [9.17, 15) is 0 Å². The molecule has 0 amide bonds. The number of aromatic nitrogens is 5. The Labute approximate surface area is 133 Å². The third-order valence-electron chi connectivity index (χ3n) is 4.42. The lowest BCUT2D eigenvalue weighted by molar-refractivity contribution is 0.172. The maximum Gasteiger partial charge on any atom is 0.135 e. The largest absolute Gasteiger partial charge is 0.325 e. The van der Waals surface area contributed by atoms with Gasteiger partial charge in [-0.15, -0.1) is 5.10 Å². The highest BCUT2D eigenvalue weighted by atomic mass is 16.6. The normalized spacial score (nSPS) is 17.1. The molecule has 8 nitrogen and oxygen atoms in total. The molecule has 1 aromatic carbocycles. The molecule has 1 aliphatic rings. The van der Waals surface area contributed by atoms with Crippen molar-refractivity contribution in [1.82, 2.24) is 30.2 Å². The van der Waals surface area contributed by atoms with E-state index in [2.05, 4.69) is 31.6 Å². The molecule has 0 atom stereocenters. The predicted octanol–water partition coefficient (Wildman–Crippen LogP) is 1.11. The molecule has 0 saturated carbocycles. The average Bonchev–Trinajstić information content (AvgIpc) is 3.24. The number of benzene rings is 1. The van der Waals surface area contributed by atoms with Crippen molar-refractivity contribution in [1.29, 1.82) is 0 Å². The zero-order valence-electron chi connectivity index (χ0n) is 12.8. The summed E-state index contributed by atoms with van der Waals surface area (Å²) in [7, 11) is 0. The van der Waals surface area contributed by atoms with Gasteiger partial charge >= 0.3 is 0 Å². The van der Waals surface area contributed by atoms with Gasteiger partial charge in [0.25, 0.3) is 0 Å². The lowest BCUT2D eigenvalue weighted by atomic mass is 10.0. The molecule has 2 aromatic heterocycles. The van der Waals surface area contributed by atoms with E-state index >= 15 is 0 Å². The zero-order chi connectivity index (χ0) is 15.6. The maximum absolute atomic E-state index is 5.59. The monoisotopic (exact) mass is 313 g/mol. The van der Waals surface area contributed by atoms with Crippen molar-refractivity contribution < 1.29 is 4.63 Å². The Morgan fingerprint density at radius 3 is 2.78 bits per heavy atom. The minimum atomic E-state index is 0.418. The molecule has 0 spiro atoms. The van der Waals surface area contributed by atoms with E-state index in [4.69, 9.17) is 10.4 Å². The van der Waals surface area contributed by atoms with Crippen LogP contribution >= 0.6 is 0 Å². The van der Waals surface area contributed by atoms with Crippen LogP contribution in [-0.4, -0.2) is 43.3 Å². The standard InChI is InChI=1S/C15H19N7O/c16-8-12-10-22(20-17-12)13-3-5-21(6-4-13)9-11-1-2-14-15(7-11)19-23-18-14/h1-2,7,10,13H,3-6,8-9,16H2. The molecule has 0 bridgehead atoms. The molecule has 120 valence electrons. The highest BCUT2D eigenvalue weighted by molar-refractivity contribution is 5.73. The fraction of sp³-hybridized carbons (Fsp3) is 0.467. The first-order valence-corrected chi connectivity index (χ1v) is 7.86. The van der Waals surface area contributed by atoms with Crippen molar-refractivity contribution in [2.24, 2.45) is 5.73 Å². The van der Waals surface area contributed by atoms with E-state index in [1.54, 1.807) is 0 Å². The Morgan fingerprint density at radius 1 is 1.17 bits per heavy atom. The summed E-state index contributed by atoms with van der Waals surface area (Å²) in [5.41, 5.74) is 9.29. The molecule has 4 rings (SSSR count). The second-order valence-corrected chi connectivity index (χ2v) is 5.99. The van der Waals surface area contributed by atoms with E-state index < -0.39 is 0 Å². The fourth-order valence-corrected chi connectivity index (χ4v) is 3.11. The highest BCUT2D eigenvalue weighted by Crippen LogP contribution is 2.23. The van der Waals surface area contributed by atoms with Crippen LogP contribution in [0.3, 0.4) is 0 Å². The molecule has 3 heterocycles. The van der Waals surface area contributed by atoms with Gasteiger partial charge in [0.1, 0.15) is 11.0 Å². The Hall–Kier alpha value is -2.32. The summed E-state index contributed by atoms with van der Waals surface area (Å²) in [6, 6.07) is 6.51. The Kier molecular flexibility index (Phi) is 3.76. The number of hydrogen-bond donors (Lipinski definition) is 1. The van der Waals surface area contributed by atoms with Gasteiger partial charge in [-0.2, -0.15) is 0 Å². The van der Waals surface area contributed by atoms with Crippen LogP contribution in [0, 0.1) is 0 Å². The predicted molar refractivity (Wildman–Crippen MR) is 83.3 cm³/mol. The lowest BCUT2D eigenvalue weighted by Crippen LogP contribution is -2.34. The molecule has 0 radical (unpaired) electrons. The molecule has 1 aliphatic heterocycles. The first-order chi connectivity index (χ1) is 11.3. The van der Waals surface area contributed by atoms with Gasteiger partial charge in [0.2, 0.25) is 0 Å². The number of rotatable bonds is 4. The van der Waals surface area contributed by atoms with E-state index in [0.29, 0.717) is 12.6 Å². The van der Waals surface area contributed by atoms with E-state index in [-0.39, 0.29) is 0 Å². The van der Waals surface area contributed by atoms with Crippen LogP contribution in [0.5, 0.6) is 0 Å². The van der Waals surface area contributed by atoms with Crippen LogP contribution in [-0.2, 0) is 13.1 Å². The molecular weight excluding hydrogens is 294 g/mol. The van der Waals surface area contributed by atoms with Crippen LogP contribution in [0.1, 0.15) is 30.1 Å². The summed E-state index contributed by atoms with van der Waals surface area (Å²) in [6.07, 6.45) is 4.11. The van der Waals surface area contributed by atoms with E-state index in [1.165, 1.54) is 5.56 Å². The minimum absolute atomic E-state index is 0.418. The van der Waals surface area contributed by atoms with Gasteiger partial charge < -0.3 is 5.73 Å². The first kappa shape index (κ1) is 14.3. The molecule has 1 fully saturated rings. The van der Waals surface area contributed by atoms with Gasteiger partial charge in [0, 0.05) is 26.2 Å². The summed E-state index contributed by atoms with van der Waals surface area (Å²) in [4.78, 5) is 2.45. The third kappa shape index (κ3) is 2.95. The maximum atomic E-state index is 5.59. The minimum Gasteiger partial charge on any atom is -0.325 e. The van der Waals surface area contributed by atoms with Crippen molar-refractivity contribution in [3.8, 4) is 0 Å². The second-order valence-electron chi connectivity index (χ2n) is 5.99. The SMILES string of the molecule is NCc1cn(C2CCN(Cc3ccc4nonc4c3)CC2)nn1. The van der Waals surface area contributed by atoms with Crippen molar-refractivity contribution in [3.05, 3.63) is 35.7 Å². The number of nitrogens with zero attached hydrogens (tertiary/aromatic N) is 6.